The molecule has 3 rings (SSSR count). The first kappa shape index (κ1) is 17.5. The zero-order valence-electron chi connectivity index (χ0n) is 13.9. The maximum Gasteiger partial charge on any atom is 0.271 e. The number of nitro benzene ring substituents is 1. The van der Waals surface area contributed by atoms with Gasteiger partial charge in [0.05, 0.1) is 16.5 Å². The minimum atomic E-state index is -0.664. The number of carbonyl (C=O) groups excluding carboxylic acids is 2. The number of non-ortho nitro benzene ring substituents is 1. The van der Waals surface area contributed by atoms with Crippen molar-refractivity contribution in [3.8, 4) is 0 Å². The van der Waals surface area contributed by atoms with Crippen LogP contribution in [0.2, 0.25) is 0 Å². The third kappa shape index (κ3) is 3.53. The summed E-state index contributed by atoms with van der Waals surface area (Å²) in [7, 11) is 0. The van der Waals surface area contributed by atoms with Crippen molar-refractivity contribution in [3.05, 3.63) is 64.0 Å². The van der Waals surface area contributed by atoms with Crippen LogP contribution in [-0.2, 0) is 9.59 Å². The molecule has 2 aromatic carbocycles. The van der Waals surface area contributed by atoms with E-state index in [0.29, 0.717) is 0 Å². The van der Waals surface area contributed by atoms with E-state index in [0.717, 1.165) is 5.56 Å². The van der Waals surface area contributed by atoms with Crippen LogP contribution in [0.4, 0.5) is 21.5 Å². The van der Waals surface area contributed by atoms with Gasteiger partial charge in [0.1, 0.15) is 5.82 Å². The number of rotatable bonds is 4. The van der Waals surface area contributed by atoms with Crippen molar-refractivity contribution in [1.29, 1.82) is 0 Å². The number of nitro groups is 1. The molecule has 0 aliphatic carbocycles. The summed E-state index contributed by atoms with van der Waals surface area (Å²) in [6.45, 7) is 1.80. The van der Waals surface area contributed by atoms with Crippen LogP contribution in [0.15, 0.2) is 42.5 Å². The maximum absolute atomic E-state index is 14.1. The second-order valence-corrected chi connectivity index (χ2v) is 6.16. The van der Waals surface area contributed by atoms with Crippen molar-refractivity contribution in [1.82, 2.24) is 0 Å². The Morgan fingerprint density at radius 2 is 2.08 bits per heavy atom. The first-order valence-corrected chi connectivity index (χ1v) is 7.97. The number of nitrogens with one attached hydrogen (secondary N) is 1. The number of nitrogens with zero attached hydrogens (tertiary/aromatic N) is 2. The van der Waals surface area contributed by atoms with Crippen LogP contribution in [-0.4, -0.2) is 23.3 Å². The Morgan fingerprint density at radius 3 is 2.77 bits per heavy atom. The second kappa shape index (κ2) is 6.91. The van der Waals surface area contributed by atoms with Gasteiger partial charge < -0.3 is 10.2 Å². The summed E-state index contributed by atoms with van der Waals surface area (Å²) in [6.07, 6.45) is -0.0475. The van der Waals surface area contributed by atoms with Crippen LogP contribution in [0.3, 0.4) is 0 Å². The van der Waals surface area contributed by atoms with Crippen molar-refractivity contribution in [2.75, 3.05) is 16.8 Å². The first-order valence-electron chi connectivity index (χ1n) is 7.97. The highest BCUT2D eigenvalue weighted by molar-refractivity contribution is 6.03. The molecule has 1 heterocycles. The topological polar surface area (TPSA) is 92.6 Å². The number of halogens is 1. The molecule has 7 nitrogen and oxygen atoms in total. The van der Waals surface area contributed by atoms with Crippen LogP contribution in [0, 0.1) is 28.8 Å². The van der Waals surface area contributed by atoms with E-state index in [1.807, 2.05) is 0 Å². The summed E-state index contributed by atoms with van der Waals surface area (Å²) in [4.78, 5) is 36.1. The van der Waals surface area contributed by atoms with Gasteiger partial charge in [0.25, 0.3) is 5.69 Å². The van der Waals surface area contributed by atoms with E-state index >= 15 is 0 Å². The number of aryl methyl sites for hydroxylation is 1. The highest BCUT2D eigenvalue weighted by Crippen LogP contribution is 2.29. The fraction of sp³-hybridized carbons (Fsp3) is 0.222. The zero-order chi connectivity index (χ0) is 18.8. The summed E-state index contributed by atoms with van der Waals surface area (Å²) >= 11 is 0. The van der Waals surface area contributed by atoms with Crippen molar-refractivity contribution in [2.45, 2.75) is 13.3 Å². The average molecular weight is 357 g/mol. The predicted octanol–water partition coefficient (Wildman–Crippen LogP) is 3.03. The van der Waals surface area contributed by atoms with Gasteiger partial charge in [-0.2, -0.15) is 0 Å². The molecular weight excluding hydrogens is 341 g/mol. The van der Waals surface area contributed by atoms with E-state index < -0.39 is 22.6 Å². The highest BCUT2D eigenvalue weighted by atomic mass is 19.1. The summed E-state index contributed by atoms with van der Waals surface area (Å²) in [5, 5.41) is 13.4. The molecule has 1 aliphatic rings. The highest BCUT2D eigenvalue weighted by Gasteiger charge is 2.36. The third-order valence-electron chi connectivity index (χ3n) is 4.21. The summed E-state index contributed by atoms with van der Waals surface area (Å²) < 4.78 is 14.1. The van der Waals surface area contributed by atoms with Gasteiger partial charge in [-0.3, -0.25) is 19.7 Å². The average Bonchev–Trinajstić information content (AvgIpc) is 2.97. The Morgan fingerprint density at radius 1 is 1.31 bits per heavy atom. The molecule has 26 heavy (non-hydrogen) atoms. The maximum atomic E-state index is 14.1. The molecular formula is C18H16FN3O4. The smallest absolute Gasteiger partial charge is 0.271 e. The second-order valence-electron chi connectivity index (χ2n) is 6.16. The Kier molecular flexibility index (Phi) is 4.66. The van der Waals surface area contributed by atoms with Crippen molar-refractivity contribution >= 4 is 28.9 Å². The number of benzene rings is 2. The lowest BCUT2D eigenvalue weighted by Crippen LogP contribution is -2.28. The van der Waals surface area contributed by atoms with Gasteiger partial charge in [0.15, 0.2) is 0 Å². The van der Waals surface area contributed by atoms with Crippen LogP contribution in [0.5, 0.6) is 0 Å². The minimum absolute atomic E-state index is 0.0475. The fourth-order valence-electron chi connectivity index (χ4n) is 2.89. The molecule has 0 saturated carbocycles. The molecule has 1 saturated heterocycles. The standard InChI is InChI=1S/C18H16FN3O4/c1-11-5-6-16(15(19)7-11)21-10-12(8-17(21)23)18(24)20-13-3-2-4-14(9-13)22(25)26/h2-7,9,12H,8,10H2,1H3,(H,20,24). The molecule has 0 aromatic heterocycles. The van der Waals surface area contributed by atoms with Crippen molar-refractivity contribution < 1.29 is 18.9 Å². The van der Waals surface area contributed by atoms with E-state index in [1.54, 1.807) is 13.0 Å². The lowest BCUT2D eigenvalue weighted by molar-refractivity contribution is -0.384. The van der Waals surface area contributed by atoms with E-state index in [4.69, 9.17) is 0 Å². The minimum Gasteiger partial charge on any atom is -0.326 e. The lowest BCUT2D eigenvalue weighted by atomic mass is 10.1. The normalized spacial score (nSPS) is 16.6. The van der Waals surface area contributed by atoms with Gasteiger partial charge in [-0.25, -0.2) is 4.39 Å². The Bertz CT molecular complexity index is 900. The van der Waals surface area contributed by atoms with Gasteiger partial charge >= 0.3 is 0 Å². The Labute approximate surface area is 148 Å². The van der Waals surface area contributed by atoms with Crippen LogP contribution in [0.25, 0.3) is 0 Å². The quantitative estimate of drug-likeness (QED) is 0.672. The van der Waals surface area contributed by atoms with Gasteiger partial charge in [-0.1, -0.05) is 12.1 Å². The molecule has 2 amide bonds. The van der Waals surface area contributed by atoms with Crippen LogP contribution in [0.1, 0.15) is 12.0 Å². The van der Waals surface area contributed by atoms with Gasteiger partial charge in [0.2, 0.25) is 11.8 Å². The Balaban J connectivity index is 1.73. The van der Waals surface area contributed by atoms with Gasteiger partial charge in [0, 0.05) is 30.8 Å². The van der Waals surface area contributed by atoms with Crippen LogP contribution < -0.4 is 10.2 Å². The molecule has 0 radical (unpaired) electrons. The Hall–Kier alpha value is -3.29. The summed E-state index contributed by atoms with van der Waals surface area (Å²) in [5.74, 6) is -1.96. The van der Waals surface area contributed by atoms with Crippen molar-refractivity contribution in [3.63, 3.8) is 0 Å². The molecule has 8 heteroatoms. The van der Waals surface area contributed by atoms with Crippen LogP contribution >= 0.6 is 0 Å². The summed E-state index contributed by atoms with van der Waals surface area (Å²) in [6, 6.07) is 10.1. The van der Waals surface area contributed by atoms with E-state index in [9.17, 15) is 24.1 Å². The van der Waals surface area contributed by atoms with Crippen molar-refractivity contribution in [2.24, 2.45) is 5.92 Å². The fourth-order valence-corrected chi connectivity index (χ4v) is 2.89. The largest absolute Gasteiger partial charge is 0.326 e. The molecule has 1 fully saturated rings. The molecule has 1 N–H and O–H groups in total. The van der Waals surface area contributed by atoms with E-state index in [-0.39, 0.29) is 35.9 Å². The number of hydrogen-bond donors (Lipinski definition) is 1. The number of anilines is 2. The third-order valence-corrected chi connectivity index (χ3v) is 4.21. The summed E-state index contributed by atoms with van der Waals surface area (Å²) in [5.41, 5.74) is 1.01. The molecule has 134 valence electrons. The number of hydrogen-bond acceptors (Lipinski definition) is 4. The first-order chi connectivity index (χ1) is 12.3. The predicted molar refractivity (Wildman–Crippen MR) is 93.3 cm³/mol. The number of carbonyl (C=O) groups is 2. The van der Waals surface area contributed by atoms with E-state index in [2.05, 4.69) is 5.32 Å². The lowest BCUT2D eigenvalue weighted by Gasteiger charge is -2.17. The molecule has 0 spiro atoms. The number of amides is 2. The SMILES string of the molecule is Cc1ccc(N2CC(C(=O)Nc3cccc([N+](=O)[O-])c3)CC2=O)c(F)c1. The molecule has 1 aliphatic heterocycles. The molecule has 1 atom stereocenters. The van der Waals surface area contributed by atoms with Gasteiger partial charge in [-0.15, -0.1) is 0 Å². The monoisotopic (exact) mass is 357 g/mol. The molecule has 1 unspecified atom stereocenters. The van der Waals surface area contributed by atoms with E-state index in [1.165, 1.54) is 41.3 Å². The molecule has 2 aromatic rings. The zero-order valence-corrected chi connectivity index (χ0v) is 13.9. The van der Waals surface area contributed by atoms with Gasteiger partial charge in [-0.05, 0) is 30.7 Å². The molecule has 0 bridgehead atoms.